The molecule has 0 aromatic heterocycles. The Morgan fingerprint density at radius 3 is 2.27 bits per heavy atom. The lowest BCUT2D eigenvalue weighted by Crippen LogP contribution is -2.48. The summed E-state index contributed by atoms with van der Waals surface area (Å²) in [6.07, 6.45) is 0. The van der Waals surface area contributed by atoms with Crippen molar-refractivity contribution in [1.29, 1.82) is 0 Å². The number of piperazine rings is 1. The first-order valence-corrected chi connectivity index (χ1v) is 11.6. The van der Waals surface area contributed by atoms with E-state index in [1.807, 2.05) is 6.92 Å². The predicted octanol–water partition coefficient (Wildman–Crippen LogP) is -0.133. The Bertz CT molecular complexity index is 773. The summed E-state index contributed by atoms with van der Waals surface area (Å²) in [7, 11) is -5.81. The van der Waals surface area contributed by atoms with Gasteiger partial charge in [-0.15, -0.1) is 0 Å². The van der Waals surface area contributed by atoms with Gasteiger partial charge < -0.3 is 10.1 Å². The van der Waals surface area contributed by atoms with Crippen molar-refractivity contribution in [1.82, 2.24) is 13.9 Å². The maximum atomic E-state index is 12.9. The number of hydrogen-bond acceptors (Lipinski definition) is 6. The van der Waals surface area contributed by atoms with Crippen LogP contribution in [0, 0.1) is 6.92 Å². The molecule has 0 unspecified atom stereocenters. The number of sulfonamides is 2. The van der Waals surface area contributed by atoms with Gasteiger partial charge in [-0.25, -0.2) is 16.8 Å². The first-order chi connectivity index (χ1) is 12.3. The Hall–Kier alpha value is -1.04. The topological polar surface area (TPSA) is 96.0 Å². The highest BCUT2D eigenvalue weighted by Gasteiger charge is 2.29. The molecule has 8 nitrogen and oxygen atoms in total. The van der Waals surface area contributed by atoms with Crippen molar-refractivity contribution >= 4 is 20.0 Å². The molecule has 1 N–H and O–H groups in total. The van der Waals surface area contributed by atoms with Crippen molar-refractivity contribution in [2.24, 2.45) is 0 Å². The highest BCUT2D eigenvalue weighted by Crippen LogP contribution is 2.17. The van der Waals surface area contributed by atoms with Gasteiger partial charge in [-0.3, -0.25) is 0 Å². The Balaban J connectivity index is 2.14. The fraction of sp³-hybridized carbons (Fsp3) is 0.625. The minimum Gasteiger partial charge on any atom is -0.383 e. The first kappa shape index (κ1) is 21.3. The van der Waals surface area contributed by atoms with Crippen LogP contribution in [0.25, 0.3) is 0 Å². The largest absolute Gasteiger partial charge is 0.383 e. The molecule has 26 heavy (non-hydrogen) atoms. The van der Waals surface area contributed by atoms with Crippen LogP contribution in [0.5, 0.6) is 0 Å². The van der Waals surface area contributed by atoms with E-state index in [0.717, 1.165) is 5.56 Å². The highest BCUT2D eigenvalue weighted by atomic mass is 32.2. The van der Waals surface area contributed by atoms with Gasteiger partial charge in [-0.05, 0) is 19.1 Å². The molecule has 0 spiro atoms. The lowest BCUT2D eigenvalue weighted by Gasteiger charge is -2.28. The Kier molecular flexibility index (Phi) is 7.56. The van der Waals surface area contributed by atoms with Gasteiger partial charge in [0.15, 0.2) is 0 Å². The molecule has 0 saturated carbocycles. The van der Waals surface area contributed by atoms with Crippen molar-refractivity contribution in [2.75, 3.05) is 58.7 Å². The molecule has 1 fully saturated rings. The van der Waals surface area contributed by atoms with Crippen LogP contribution in [-0.4, -0.2) is 84.2 Å². The minimum atomic E-state index is -3.79. The average molecular weight is 406 g/mol. The van der Waals surface area contributed by atoms with E-state index in [2.05, 4.69) is 5.32 Å². The van der Waals surface area contributed by atoms with Gasteiger partial charge in [-0.1, -0.05) is 17.7 Å². The van der Waals surface area contributed by atoms with Crippen LogP contribution >= 0.6 is 0 Å². The third-order valence-corrected chi connectivity index (χ3v) is 8.03. The molecular formula is C16H27N3O5S2. The molecule has 1 aliphatic heterocycles. The van der Waals surface area contributed by atoms with E-state index in [1.165, 1.54) is 27.9 Å². The Morgan fingerprint density at radius 2 is 1.69 bits per heavy atom. The van der Waals surface area contributed by atoms with Gasteiger partial charge in [0, 0.05) is 46.4 Å². The molecular weight excluding hydrogens is 378 g/mol. The second kappa shape index (κ2) is 9.25. The van der Waals surface area contributed by atoms with Crippen LogP contribution in [0.1, 0.15) is 5.56 Å². The Labute approximate surface area is 156 Å². The summed E-state index contributed by atoms with van der Waals surface area (Å²) in [6, 6.07) is 6.52. The van der Waals surface area contributed by atoms with E-state index in [1.54, 1.807) is 12.1 Å². The number of methoxy groups -OCH3 is 1. The van der Waals surface area contributed by atoms with E-state index in [9.17, 15) is 16.8 Å². The molecule has 1 aromatic carbocycles. The zero-order chi connectivity index (χ0) is 19.2. The zero-order valence-corrected chi connectivity index (χ0v) is 16.9. The van der Waals surface area contributed by atoms with Crippen molar-refractivity contribution in [3.8, 4) is 0 Å². The number of ether oxygens (including phenoxy) is 1. The van der Waals surface area contributed by atoms with Crippen LogP contribution in [0.3, 0.4) is 0 Å². The summed E-state index contributed by atoms with van der Waals surface area (Å²) in [4.78, 5) is 0.152. The van der Waals surface area contributed by atoms with Crippen molar-refractivity contribution in [2.45, 2.75) is 11.8 Å². The minimum absolute atomic E-state index is 0.101. The van der Waals surface area contributed by atoms with Crippen LogP contribution in [0.2, 0.25) is 0 Å². The average Bonchev–Trinajstić information content (AvgIpc) is 2.62. The third-order valence-electron chi connectivity index (χ3n) is 4.27. The monoisotopic (exact) mass is 405 g/mol. The standard InChI is InChI=1S/C16H27N3O5S2/c1-15-3-5-16(6-4-15)26(22,23)19(11-13-24-2)12-14-25(20,21)18-9-7-17-8-10-18/h3-6,17H,7-14H2,1-2H3. The summed E-state index contributed by atoms with van der Waals surface area (Å²) in [6.45, 7) is 4.09. The van der Waals surface area contributed by atoms with E-state index >= 15 is 0 Å². The SMILES string of the molecule is COCCN(CCS(=O)(=O)N1CCNCC1)S(=O)(=O)c1ccc(C)cc1. The summed E-state index contributed by atoms with van der Waals surface area (Å²) in [5.41, 5.74) is 0.952. The quantitative estimate of drug-likeness (QED) is 0.615. The maximum Gasteiger partial charge on any atom is 0.243 e. The predicted molar refractivity (Wildman–Crippen MR) is 100 cm³/mol. The van der Waals surface area contributed by atoms with Gasteiger partial charge >= 0.3 is 0 Å². The Morgan fingerprint density at radius 1 is 1.08 bits per heavy atom. The smallest absolute Gasteiger partial charge is 0.243 e. The molecule has 1 aromatic rings. The molecule has 2 rings (SSSR count). The van der Waals surface area contributed by atoms with Crippen molar-refractivity contribution < 1.29 is 21.6 Å². The lowest BCUT2D eigenvalue weighted by atomic mass is 10.2. The normalized spacial score (nSPS) is 16.9. The van der Waals surface area contributed by atoms with Crippen LogP contribution in [0.15, 0.2) is 29.2 Å². The van der Waals surface area contributed by atoms with Gasteiger partial charge in [0.05, 0.1) is 17.3 Å². The van der Waals surface area contributed by atoms with Gasteiger partial charge in [-0.2, -0.15) is 8.61 Å². The molecule has 0 bridgehead atoms. The number of benzene rings is 1. The number of nitrogens with one attached hydrogen (secondary N) is 1. The number of aryl methyl sites for hydroxylation is 1. The molecule has 1 saturated heterocycles. The summed E-state index contributed by atoms with van der Waals surface area (Å²) < 4.78 is 58.4. The van der Waals surface area contributed by atoms with E-state index in [-0.39, 0.29) is 30.3 Å². The summed E-state index contributed by atoms with van der Waals surface area (Å²) in [5, 5.41) is 3.10. The molecule has 1 aliphatic rings. The fourth-order valence-electron chi connectivity index (χ4n) is 2.67. The fourth-order valence-corrected chi connectivity index (χ4v) is 5.66. The van der Waals surface area contributed by atoms with Gasteiger partial charge in [0.1, 0.15) is 0 Å². The molecule has 0 atom stereocenters. The molecule has 0 radical (unpaired) electrons. The molecule has 0 aliphatic carbocycles. The van der Waals surface area contributed by atoms with E-state index in [0.29, 0.717) is 26.2 Å². The molecule has 10 heteroatoms. The second-order valence-corrected chi connectivity index (χ2v) is 10.2. The van der Waals surface area contributed by atoms with E-state index < -0.39 is 20.0 Å². The lowest BCUT2D eigenvalue weighted by molar-refractivity contribution is 0.180. The summed E-state index contributed by atoms with van der Waals surface area (Å²) in [5.74, 6) is -0.248. The molecule has 148 valence electrons. The van der Waals surface area contributed by atoms with Gasteiger partial charge in [0.25, 0.3) is 0 Å². The summed E-state index contributed by atoms with van der Waals surface area (Å²) >= 11 is 0. The second-order valence-electron chi connectivity index (χ2n) is 6.17. The number of rotatable bonds is 9. The molecule has 1 heterocycles. The highest BCUT2D eigenvalue weighted by molar-refractivity contribution is 7.90. The number of nitrogens with zero attached hydrogens (tertiary/aromatic N) is 2. The first-order valence-electron chi connectivity index (χ1n) is 8.51. The number of hydrogen-bond donors (Lipinski definition) is 1. The molecule has 0 amide bonds. The third kappa shape index (κ3) is 5.48. The van der Waals surface area contributed by atoms with Crippen molar-refractivity contribution in [3.05, 3.63) is 29.8 Å². The maximum absolute atomic E-state index is 12.9. The van der Waals surface area contributed by atoms with E-state index in [4.69, 9.17) is 4.74 Å². The zero-order valence-electron chi connectivity index (χ0n) is 15.2. The van der Waals surface area contributed by atoms with Crippen LogP contribution in [0.4, 0.5) is 0 Å². The van der Waals surface area contributed by atoms with Crippen LogP contribution < -0.4 is 5.32 Å². The van der Waals surface area contributed by atoms with Gasteiger partial charge in [0.2, 0.25) is 20.0 Å². The van der Waals surface area contributed by atoms with Crippen LogP contribution in [-0.2, 0) is 24.8 Å². The van der Waals surface area contributed by atoms with Crippen molar-refractivity contribution in [3.63, 3.8) is 0 Å².